The number of nitrogens with two attached hydrogens (primary N) is 1. The Morgan fingerprint density at radius 2 is 1.65 bits per heavy atom. The first-order valence-electron chi connectivity index (χ1n) is 11.1. The zero-order valence-corrected chi connectivity index (χ0v) is 19.2. The Morgan fingerprint density at radius 3 is 2.29 bits per heavy atom. The van der Waals surface area contributed by atoms with Gasteiger partial charge in [0.1, 0.15) is 5.82 Å². The van der Waals surface area contributed by atoms with Gasteiger partial charge in [0.2, 0.25) is 10.0 Å². The van der Waals surface area contributed by atoms with Gasteiger partial charge in [-0.15, -0.1) is 0 Å². The van der Waals surface area contributed by atoms with Gasteiger partial charge >= 0.3 is 0 Å². The summed E-state index contributed by atoms with van der Waals surface area (Å²) in [5.41, 5.74) is 9.75. The average Bonchev–Trinajstić information content (AvgIpc) is 3.28. The second kappa shape index (κ2) is 8.70. The Hall–Kier alpha value is -3.49. The fraction of sp³-hybridized carbons (Fsp3) is 0.192. The molecule has 174 valence electrons. The summed E-state index contributed by atoms with van der Waals surface area (Å²) in [6.45, 7) is 0.718. The topological polar surface area (TPSA) is 96.3 Å². The lowest BCUT2D eigenvalue weighted by Gasteiger charge is -2.31. The van der Waals surface area contributed by atoms with Crippen molar-refractivity contribution in [2.75, 3.05) is 13.1 Å². The van der Waals surface area contributed by atoms with Crippen LogP contribution >= 0.6 is 0 Å². The van der Waals surface area contributed by atoms with Gasteiger partial charge in [-0.2, -0.15) is 4.31 Å². The van der Waals surface area contributed by atoms with E-state index in [1.54, 1.807) is 6.07 Å². The first-order valence-corrected chi connectivity index (χ1v) is 12.5. The molecule has 1 fully saturated rings. The van der Waals surface area contributed by atoms with Gasteiger partial charge in [0.15, 0.2) is 0 Å². The summed E-state index contributed by atoms with van der Waals surface area (Å²) in [5.74, 6) is -0.848. The largest absolute Gasteiger partial charge is 0.366 e. The van der Waals surface area contributed by atoms with Crippen LogP contribution in [0.15, 0.2) is 77.8 Å². The van der Waals surface area contributed by atoms with Crippen LogP contribution in [0.3, 0.4) is 0 Å². The molecule has 1 amide bonds. The Morgan fingerprint density at radius 1 is 0.971 bits per heavy atom. The van der Waals surface area contributed by atoms with Crippen LogP contribution in [-0.2, 0) is 10.0 Å². The molecule has 2 heterocycles. The molecule has 1 aliphatic rings. The molecule has 3 aromatic carbocycles. The number of benzene rings is 3. The maximum Gasteiger partial charge on any atom is 0.250 e. The summed E-state index contributed by atoms with van der Waals surface area (Å²) in [7, 11) is -3.68. The summed E-state index contributed by atoms with van der Waals surface area (Å²) in [4.78, 5) is 15.5. The zero-order chi connectivity index (χ0) is 23.9. The molecule has 1 aromatic heterocycles. The van der Waals surface area contributed by atoms with E-state index in [-0.39, 0.29) is 10.8 Å². The molecule has 6 nitrogen and oxygen atoms in total. The Balaban J connectivity index is 1.45. The molecule has 0 aliphatic carbocycles. The second-order valence-corrected chi connectivity index (χ2v) is 10.5. The van der Waals surface area contributed by atoms with E-state index >= 15 is 0 Å². The first kappa shape index (κ1) is 22.3. The molecular weight excluding hydrogens is 453 g/mol. The molecule has 8 heteroatoms. The maximum atomic E-state index is 13.2. The molecule has 0 bridgehead atoms. The third-order valence-electron chi connectivity index (χ3n) is 6.54. The van der Waals surface area contributed by atoms with Crippen molar-refractivity contribution >= 4 is 26.8 Å². The molecule has 0 atom stereocenters. The van der Waals surface area contributed by atoms with Crippen LogP contribution in [0, 0.1) is 5.82 Å². The number of H-pyrrole nitrogens is 1. The number of halogens is 1. The van der Waals surface area contributed by atoms with Gasteiger partial charge in [0.05, 0.1) is 16.0 Å². The van der Waals surface area contributed by atoms with E-state index < -0.39 is 21.7 Å². The van der Waals surface area contributed by atoms with Crippen molar-refractivity contribution < 1.29 is 17.6 Å². The van der Waals surface area contributed by atoms with Crippen molar-refractivity contribution in [2.45, 2.75) is 23.7 Å². The highest BCUT2D eigenvalue weighted by atomic mass is 32.2. The third kappa shape index (κ3) is 3.99. The normalized spacial score (nSPS) is 15.6. The van der Waals surface area contributed by atoms with E-state index in [9.17, 15) is 17.6 Å². The third-order valence-corrected chi connectivity index (χ3v) is 8.45. The molecular formula is C26H24FN3O3S. The van der Waals surface area contributed by atoms with Crippen LogP contribution in [0.1, 0.15) is 34.7 Å². The number of amides is 1. The van der Waals surface area contributed by atoms with Crippen molar-refractivity contribution in [3.63, 3.8) is 0 Å². The van der Waals surface area contributed by atoms with Crippen LogP contribution in [0.2, 0.25) is 0 Å². The summed E-state index contributed by atoms with van der Waals surface area (Å²) < 4.78 is 40.6. The number of sulfonamides is 1. The van der Waals surface area contributed by atoms with Gasteiger partial charge in [-0.1, -0.05) is 30.3 Å². The molecule has 4 aromatic rings. The number of aromatic amines is 1. The zero-order valence-electron chi connectivity index (χ0n) is 18.4. The van der Waals surface area contributed by atoms with Crippen molar-refractivity contribution in [1.29, 1.82) is 0 Å². The predicted octanol–water partition coefficient (Wildman–Crippen LogP) is 4.64. The number of aromatic nitrogens is 1. The van der Waals surface area contributed by atoms with Crippen LogP contribution in [0.5, 0.6) is 0 Å². The number of fused-ring (bicyclic) bond motifs is 1. The number of rotatable bonds is 5. The van der Waals surface area contributed by atoms with Crippen LogP contribution < -0.4 is 5.73 Å². The average molecular weight is 478 g/mol. The summed E-state index contributed by atoms with van der Waals surface area (Å²) in [5, 5.41) is 0.926. The molecule has 1 saturated heterocycles. The first-order chi connectivity index (χ1) is 16.3. The Kier molecular flexibility index (Phi) is 5.71. The van der Waals surface area contributed by atoms with E-state index in [2.05, 4.69) is 11.1 Å². The van der Waals surface area contributed by atoms with Crippen molar-refractivity contribution in [3.05, 3.63) is 89.9 Å². The highest BCUT2D eigenvalue weighted by Crippen LogP contribution is 2.37. The number of primary amides is 1. The van der Waals surface area contributed by atoms with Crippen molar-refractivity contribution in [3.8, 4) is 11.1 Å². The lowest BCUT2D eigenvalue weighted by atomic mass is 9.88. The van der Waals surface area contributed by atoms with E-state index in [1.807, 2.05) is 36.5 Å². The molecule has 0 spiro atoms. The van der Waals surface area contributed by atoms with Gasteiger partial charge in [-0.3, -0.25) is 4.79 Å². The van der Waals surface area contributed by atoms with E-state index in [0.29, 0.717) is 37.0 Å². The summed E-state index contributed by atoms with van der Waals surface area (Å²) in [6.07, 6.45) is 3.17. The highest BCUT2D eigenvalue weighted by molar-refractivity contribution is 7.89. The van der Waals surface area contributed by atoms with E-state index in [0.717, 1.165) is 34.2 Å². The predicted molar refractivity (Wildman–Crippen MR) is 129 cm³/mol. The molecule has 0 radical (unpaired) electrons. The lowest BCUT2D eigenvalue weighted by Crippen LogP contribution is -2.37. The maximum absolute atomic E-state index is 13.2. The SMILES string of the molecule is NC(=O)c1cc(-c2ccccc2)cc2c(C3CCN(S(=O)(=O)c4ccc(F)cc4)CC3)c[nH]c12. The smallest absolute Gasteiger partial charge is 0.250 e. The van der Waals surface area contributed by atoms with Gasteiger partial charge < -0.3 is 10.7 Å². The molecule has 0 unspecified atom stereocenters. The minimum atomic E-state index is -3.68. The van der Waals surface area contributed by atoms with Gasteiger partial charge in [-0.25, -0.2) is 12.8 Å². The number of carbonyl (C=O) groups is 1. The van der Waals surface area contributed by atoms with Crippen LogP contribution in [-0.4, -0.2) is 36.7 Å². The number of nitrogens with zero attached hydrogens (tertiary/aromatic N) is 1. The highest BCUT2D eigenvalue weighted by Gasteiger charge is 2.31. The number of piperidine rings is 1. The minimum Gasteiger partial charge on any atom is -0.366 e. The lowest BCUT2D eigenvalue weighted by molar-refractivity contribution is 0.100. The van der Waals surface area contributed by atoms with E-state index in [1.165, 1.54) is 16.4 Å². The monoisotopic (exact) mass is 477 g/mol. The Bertz CT molecular complexity index is 1460. The fourth-order valence-electron chi connectivity index (χ4n) is 4.75. The summed E-state index contributed by atoms with van der Waals surface area (Å²) in [6, 6.07) is 18.6. The number of hydrogen-bond donors (Lipinski definition) is 2. The fourth-order valence-corrected chi connectivity index (χ4v) is 6.21. The van der Waals surface area contributed by atoms with Gasteiger partial charge in [0, 0.05) is 24.7 Å². The summed E-state index contributed by atoms with van der Waals surface area (Å²) >= 11 is 0. The number of hydrogen-bond acceptors (Lipinski definition) is 3. The van der Waals surface area contributed by atoms with E-state index in [4.69, 9.17) is 5.73 Å². The second-order valence-electron chi connectivity index (χ2n) is 8.55. The quantitative estimate of drug-likeness (QED) is 0.438. The number of carbonyl (C=O) groups excluding carboxylic acids is 1. The standard InChI is InChI=1S/C26H24FN3O3S/c27-20-6-8-21(9-7-20)34(32,33)30-12-10-18(11-13-30)24-16-29-25-22(24)14-19(15-23(25)26(28)31)17-4-2-1-3-5-17/h1-9,14-16,18,29H,10-13H2,(H2,28,31). The molecule has 0 saturated carbocycles. The Labute approximate surface area is 197 Å². The molecule has 34 heavy (non-hydrogen) atoms. The molecule has 1 aliphatic heterocycles. The molecule has 5 rings (SSSR count). The van der Waals surface area contributed by atoms with Crippen molar-refractivity contribution in [2.24, 2.45) is 5.73 Å². The molecule has 3 N–H and O–H groups in total. The van der Waals surface area contributed by atoms with Gasteiger partial charge in [0.25, 0.3) is 5.91 Å². The van der Waals surface area contributed by atoms with Crippen molar-refractivity contribution in [1.82, 2.24) is 9.29 Å². The van der Waals surface area contributed by atoms with Crippen LogP contribution in [0.25, 0.3) is 22.0 Å². The van der Waals surface area contributed by atoms with Crippen LogP contribution in [0.4, 0.5) is 4.39 Å². The minimum absolute atomic E-state index is 0.0954. The number of nitrogens with one attached hydrogen (secondary N) is 1. The van der Waals surface area contributed by atoms with Gasteiger partial charge in [-0.05, 0) is 71.8 Å².